The fourth-order valence-corrected chi connectivity index (χ4v) is 4.12. The summed E-state index contributed by atoms with van der Waals surface area (Å²) in [5.74, 6) is -0.119. The van der Waals surface area contributed by atoms with Crippen molar-refractivity contribution in [3.05, 3.63) is 21.4 Å². The van der Waals surface area contributed by atoms with E-state index in [1.807, 2.05) is 5.38 Å². The predicted molar refractivity (Wildman–Crippen MR) is 79.1 cm³/mol. The zero-order valence-corrected chi connectivity index (χ0v) is 12.4. The van der Waals surface area contributed by atoms with E-state index < -0.39 is 0 Å². The van der Waals surface area contributed by atoms with Crippen molar-refractivity contribution in [1.29, 1.82) is 0 Å². The third-order valence-electron chi connectivity index (χ3n) is 4.15. The van der Waals surface area contributed by atoms with Gasteiger partial charge in [0.05, 0.1) is 5.56 Å². The van der Waals surface area contributed by atoms with Crippen molar-refractivity contribution in [3.63, 3.8) is 0 Å². The summed E-state index contributed by atoms with van der Waals surface area (Å²) < 4.78 is 0. The molecule has 0 saturated carbocycles. The highest BCUT2D eigenvalue weighted by Gasteiger charge is 2.25. The molecule has 2 N–H and O–H groups in total. The Kier molecular flexibility index (Phi) is 4.05. The fourth-order valence-electron chi connectivity index (χ4n) is 3.00. The second-order valence-electron chi connectivity index (χ2n) is 5.57. The largest absolute Gasteiger partial charge is 0.354 e. The van der Waals surface area contributed by atoms with Gasteiger partial charge < -0.3 is 10.6 Å². The quantitative estimate of drug-likeness (QED) is 0.876. The van der Waals surface area contributed by atoms with E-state index in [0.29, 0.717) is 0 Å². The lowest BCUT2D eigenvalue weighted by Crippen LogP contribution is -2.45. The molecule has 1 aliphatic carbocycles. The molecule has 1 fully saturated rings. The van der Waals surface area contributed by atoms with Gasteiger partial charge in [0.2, 0.25) is 5.91 Å². The highest BCUT2D eigenvalue weighted by molar-refractivity contribution is 7.10. The van der Waals surface area contributed by atoms with E-state index in [1.165, 1.54) is 16.9 Å². The summed E-state index contributed by atoms with van der Waals surface area (Å²) in [6.45, 7) is 0.721. The van der Waals surface area contributed by atoms with Crippen molar-refractivity contribution in [3.8, 4) is 0 Å². The summed E-state index contributed by atoms with van der Waals surface area (Å²) in [7, 11) is 0. The number of thiophene rings is 1. The third kappa shape index (κ3) is 2.73. The maximum Gasteiger partial charge on any atom is 0.253 e. The first-order valence-electron chi connectivity index (χ1n) is 7.43. The predicted octanol–water partition coefficient (Wildman–Crippen LogP) is 2.03. The van der Waals surface area contributed by atoms with Gasteiger partial charge in [-0.05, 0) is 50.5 Å². The monoisotopic (exact) mass is 292 g/mol. The molecule has 1 aromatic rings. The number of carbonyl (C=O) groups excluding carboxylic acids is 2. The van der Waals surface area contributed by atoms with Gasteiger partial charge in [0.15, 0.2) is 0 Å². The average Bonchev–Trinajstić information content (AvgIpc) is 2.79. The van der Waals surface area contributed by atoms with Crippen molar-refractivity contribution < 1.29 is 9.59 Å². The smallest absolute Gasteiger partial charge is 0.253 e. The van der Waals surface area contributed by atoms with E-state index in [9.17, 15) is 9.59 Å². The highest BCUT2D eigenvalue weighted by Crippen LogP contribution is 2.30. The molecule has 5 heteroatoms. The van der Waals surface area contributed by atoms with Crippen molar-refractivity contribution in [2.75, 3.05) is 6.54 Å². The van der Waals surface area contributed by atoms with Crippen LogP contribution >= 0.6 is 11.3 Å². The molecule has 0 spiro atoms. The van der Waals surface area contributed by atoms with Crippen molar-refractivity contribution in [1.82, 2.24) is 10.6 Å². The second-order valence-corrected chi connectivity index (χ2v) is 6.54. The average molecular weight is 292 g/mol. The normalized spacial score (nSPS) is 22.6. The molecule has 0 unspecified atom stereocenters. The van der Waals surface area contributed by atoms with Crippen LogP contribution in [-0.4, -0.2) is 24.4 Å². The number of fused-ring (bicyclic) bond motifs is 1. The summed E-state index contributed by atoms with van der Waals surface area (Å²) >= 11 is 1.69. The molecule has 1 aromatic heterocycles. The number of hydrogen-bond acceptors (Lipinski definition) is 3. The van der Waals surface area contributed by atoms with E-state index >= 15 is 0 Å². The molecule has 0 bridgehead atoms. The minimum Gasteiger partial charge on any atom is -0.354 e. The van der Waals surface area contributed by atoms with E-state index in [2.05, 4.69) is 10.6 Å². The lowest BCUT2D eigenvalue weighted by Gasteiger charge is -2.17. The first-order chi connectivity index (χ1) is 9.75. The van der Waals surface area contributed by atoms with Crippen molar-refractivity contribution >= 4 is 23.2 Å². The molecule has 2 heterocycles. The molecular formula is C15H20N2O2S. The Morgan fingerprint density at radius 3 is 3.00 bits per heavy atom. The Balaban J connectivity index is 1.72. The number of rotatable bonds is 2. The Labute approximate surface area is 122 Å². The number of nitrogens with one attached hydrogen (secondary N) is 2. The van der Waals surface area contributed by atoms with Crippen LogP contribution in [0.3, 0.4) is 0 Å². The maximum absolute atomic E-state index is 12.4. The Morgan fingerprint density at radius 1 is 1.25 bits per heavy atom. The molecule has 108 valence electrons. The summed E-state index contributed by atoms with van der Waals surface area (Å²) in [5, 5.41) is 7.73. The van der Waals surface area contributed by atoms with Crippen molar-refractivity contribution in [2.24, 2.45) is 0 Å². The van der Waals surface area contributed by atoms with Gasteiger partial charge >= 0.3 is 0 Å². The van der Waals surface area contributed by atoms with Gasteiger partial charge in [0.1, 0.15) is 6.04 Å². The van der Waals surface area contributed by atoms with Crippen LogP contribution in [0.25, 0.3) is 0 Å². The second kappa shape index (κ2) is 5.95. The Hall–Kier alpha value is -1.36. The maximum atomic E-state index is 12.4. The Morgan fingerprint density at radius 2 is 2.10 bits per heavy atom. The molecule has 0 radical (unpaired) electrons. The standard InChI is InChI=1S/C15H20N2O2S/c18-14(17-12-6-3-4-8-16-15(12)19)11-9-20-13-7-2-1-5-10(11)13/h9,12H,1-8H2,(H,16,19)(H,17,18)/t12-/m0/s1. The topological polar surface area (TPSA) is 58.2 Å². The van der Waals surface area contributed by atoms with Gasteiger partial charge in [-0.1, -0.05) is 0 Å². The van der Waals surface area contributed by atoms with Crippen LogP contribution in [0.1, 0.15) is 52.9 Å². The molecule has 1 aliphatic heterocycles. The lowest BCUT2D eigenvalue weighted by atomic mass is 9.95. The van der Waals surface area contributed by atoms with E-state index in [1.54, 1.807) is 11.3 Å². The zero-order chi connectivity index (χ0) is 13.9. The summed E-state index contributed by atoms with van der Waals surface area (Å²) in [5.41, 5.74) is 2.01. The van der Waals surface area contributed by atoms with Gasteiger partial charge in [-0.3, -0.25) is 9.59 Å². The molecule has 2 aliphatic rings. The van der Waals surface area contributed by atoms with Crippen LogP contribution in [0.4, 0.5) is 0 Å². The number of amides is 2. The van der Waals surface area contributed by atoms with Gasteiger partial charge in [0.25, 0.3) is 5.91 Å². The number of carbonyl (C=O) groups is 2. The van der Waals surface area contributed by atoms with Crippen LogP contribution in [0.15, 0.2) is 5.38 Å². The van der Waals surface area contributed by atoms with Crippen LogP contribution < -0.4 is 10.6 Å². The van der Waals surface area contributed by atoms with Gasteiger partial charge in [-0.15, -0.1) is 11.3 Å². The van der Waals surface area contributed by atoms with E-state index in [0.717, 1.165) is 50.6 Å². The number of hydrogen-bond donors (Lipinski definition) is 2. The highest BCUT2D eigenvalue weighted by atomic mass is 32.1. The van der Waals surface area contributed by atoms with E-state index in [-0.39, 0.29) is 17.9 Å². The molecule has 20 heavy (non-hydrogen) atoms. The molecule has 4 nitrogen and oxygen atoms in total. The van der Waals surface area contributed by atoms with Gasteiger partial charge in [-0.2, -0.15) is 0 Å². The first-order valence-corrected chi connectivity index (χ1v) is 8.31. The van der Waals surface area contributed by atoms with Gasteiger partial charge in [-0.25, -0.2) is 0 Å². The lowest BCUT2D eigenvalue weighted by molar-refractivity contribution is -0.122. The summed E-state index contributed by atoms with van der Waals surface area (Å²) in [6.07, 6.45) is 7.18. The molecule has 3 rings (SSSR count). The first kappa shape index (κ1) is 13.6. The molecular weight excluding hydrogens is 272 g/mol. The third-order valence-corrected chi connectivity index (χ3v) is 5.24. The van der Waals surface area contributed by atoms with Crippen LogP contribution in [-0.2, 0) is 17.6 Å². The Bertz CT molecular complexity index is 524. The molecule has 1 saturated heterocycles. The SMILES string of the molecule is O=C(N[C@H]1CCCCNC1=O)c1csc2c1CCCC2. The molecule has 0 aromatic carbocycles. The summed E-state index contributed by atoms with van der Waals surface area (Å²) in [4.78, 5) is 25.7. The van der Waals surface area contributed by atoms with E-state index in [4.69, 9.17) is 0 Å². The number of aryl methyl sites for hydroxylation is 1. The molecule has 1 atom stereocenters. The minimum atomic E-state index is -0.371. The summed E-state index contributed by atoms with van der Waals surface area (Å²) in [6, 6.07) is -0.371. The fraction of sp³-hybridized carbons (Fsp3) is 0.600. The van der Waals surface area contributed by atoms with Gasteiger partial charge in [0, 0.05) is 16.8 Å². The van der Waals surface area contributed by atoms with Crippen LogP contribution in [0.5, 0.6) is 0 Å². The van der Waals surface area contributed by atoms with Crippen molar-refractivity contribution in [2.45, 2.75) is 51.0 Å². The minimum absolute atomic E-state index is 0.0417. The van der Waals surface area contributed by atoms with Crippen LogP contribution in [0.2, 0.25) is 0 Å². The molecule has 2 amide bonds. The van der Waals surface area contributed by atoms with Crippen LogP contribution in [0, 0.1) is 0 Å². The zero-order valence-electron chi connectivity index (χ0n) is 11.5.